The minimum absolute atomic E-state index is 0.0526. The normalized spacial score (nSPS) is 19.5. The molecule has 2 aromatic carbocycles. The first-order valence-corrected chi connectivity index (χ1v) is 22.3. The Bertz CT molecular complexity index is 2180. The van der Waals surface area contributed by atoms with Gasteiger partial charge in [0.25, 0.3) is 0 Å². The van der Waals surface area contributed by atoms with Crippen LogP contribution in [0.2, 0.25) is 0 Å². The van der Waals surface area contributed by atoms with Crippen LogP contribution >= 0.6 is 0 Å². The van der Waals surface area contributed by atoms with Crippen molar-refractivity contribution >= 4 is 59.0 Å². The number of carbonyl (C=O) groups excluding carboxylic acids is 7. The zero-order valence-corrected chi connectivity index (χ0v) is 37.1. The number of hydrogen-bond donors (Lipinski definition) is 9. The molecule has 0 bridgehead atoms. The molecule has 23 heteroatoms. The first kappa shape index (κ1) is 50.8. The van der Waals surface area contributed by atoms with Gasteiger partial charge in [0.1, 0.15) is 36.3 Å². The molecule has 7 atom stereocenters. The number of likely N-dealkylation sites (tertiary alicyclic amines) is 3. The van der Waals surface area contributed by atoms with Crippen molar-refractivity contribution < 1.29 is 48.6 Å². The number of guanidine groups is 1. The fraction of sp³-hybridized carbons (Fsp3) is 0.523. The quantitative estimate of drug-likeness (QED) is 0.0282. The lowest BCUT2D eigenvalue weighted by Gasteiger charge is -2.32. The molecule has 3 aliphatic heterocycles. The largest absolute Gasteiger partial charge is 0.480 e. The van der Waals surface area contributed by atoms with Crippen LogP contribution in [-0.2, 0) is 51.2 Å². The number of hydrogen-bond acceptors (Lipinski definition) is 12. The Hall–Kier alpha value is -7.19. The summed E-state index contributed by atoms with van der Waals surface area (Å²) in [6, 6.07) is 6.75. The lowest BCUT2D eigenvalue weighted by molar-refractivity contribution is -0.147. The van der Waals surface area contributed by atoms with Crippen LogP contribution in [0.15, 0.2) is 59.6 Å². The second kappa shape index (κ2) is 24.4. The van der Waals surface area contributed by atoms with Gasteiger partial charge in [0.2, 0.25) is 46.7 Å². The lowest BCUT2D eigenvalue weighted by Crippen LogP contribution is -2.59. The highest BCUT2D eigenvalue weighted by Crippen LogP contribution is 2.26. The number of benzene rings is 2. The maximum Gasteiger partial charge on any atom is 0.385 e. The first-order chi connectivity index (χ1) is 32.1. The van der Waals surface area contributed by atoms with E-state index in [1.807, 2.05) is 0 Å². The van der Waals surface area contributed by atoms with Crippen LogP contribution in [0, 0.1) is 5.39 Å². The zero-order chi connectivity index (χ0) is 48.6. The van der Waals surface area contributed by atoms with E-state index in [-0.39, 0.29) is 49.9 Å². The average Bonchev–Trinajstić information content (AvgIpc) is 4.13. The van der Waals surface area contributed by atoms with Gasteiger partial charge in [-0.2, -0.15) is 0 Å². The van der Waals surface area contributed by atoms with Crippen LogP contribution in [0.1, 0.15) is 62.5 Å². The van der Waals surface area contributed by atoms with E-state index in [4.69, 9.17) is 22.6 Å². The second-order valence-electron chi connectivity index (χ2n) is 16.8. The van der Waals surface area contributed by atoms with E-state index in [0.717, 1.165) is 0 Å². The number of nitrogens with two attached hydrogens (primary N) is 3. The molecule has 0 radical (unpaired) electrons. The van der Waals surface area contributed by atoms with Crippen LogP contribution < -0.4 is 38.5 Å². The topological polar surface area (TPSA) is 353 Å². The van der Waals surface area contributed by atoms with Gasteiger partial charge in [-0.3, -0.25) is 38.6 Å². The maximum absolute atomic E-state index is 13.9. The van der Waals surface area contributed by atoms with Gasteiger partial charge >= 0.3 is 11.7 Å². The molecule has 3 aliphatic rings. The molecule has 67 heavy (non-hydrogen) atoms. The van der Waals surface area contributed by atoms with Crippen molar-refractivity contribution in [3.05, 3.63) is 70.7 Å². The molecular formula is C44H60N13O10+. The zero-order valence-electron chi connectivity index (χ0n) is 37.1. The number of aliphatic hydroxyl groups is 1. The van der Waals surface area contributed by atoms with E-state index in [1.165, 1.54) is 26.8 Å². The van der Waals surface area contributed by atoms with E-state index in [1.54, 1.807) is 42.5 Å². The highest BCUT2D eigenvalue weighted by atomic mass is 16.4. The molecule has 0 unspecified atom stereocenters. The number of amides is 7. The summed E-state index contributed by atoms with van der Waals surface area (Å²) in [6.45, 7) is -0.474. The molecule has 0 saturated carbocycles. The van der Waals surface area contributed by atoms with Gasteiger partial charge in [-0.25, -0.2) is 4.79 Å². The molecule has 2 aromatic rings. The molecule has 5 rings (SSSR count). The molecule has 3 saturated heterocycles. The smallest absolute Gasteiger partial charge is 0.385 e. The Morgan fingerprint density at radius 3 is 1.93 bits per heavy atom. The van der Waals surface area contributed by atoms with Gasteiger partial charge in [0.15, 0.2) is 10.9 Å². The SMILES string of the molecule is N#[N+]c1ccc(C[C@H](NC(=O)[C@@H]2CCCN2C(=O)[C@H](CO)NC(=O)[C@H](Cc2ccccc2)NC(=O)CNC(=O)[C@@H]2CCCN2C(=O)[C@@H]2CCCN2C(=O)[C@@H](N)CCCN=C(N)N)C(=O)O)cc1. The number of nitrogens with zero attached hydrogens (tertiary/aromatic N) is 6. The lowest BCUT2D eigenvalue weighted by atomic mass is 10.0. The third-order valence-corrected chi connectivity index (χ3v) is 12.0. The summed E-state index contributed by atoms with van der Waals surface area (Å²) in [7, 11) is 0. The molecule has 0 aliphatic carbocycles. The standard InChI is InChI=1S/C44H59N13O10/c45-29(10-4-18-49-44(46)47)40(63)57-21-7-13-35(57)42(65)56-20-5-11-33(56)38(61)50-24-36(59)51-30(22-26-8-2-1-3-9-26)37(60)53-32(25-58)41(64)55-19-6-12-34(55)39(62)52-31(43(66)67)23-27-14-16-28(54-48)17-15-27/h1-3,8-9,14-17,29-35,58H,4-7,10-13,18-25,45H2,(H8-,46,47,49,50,51,52,53,59,60,61,62,66,67)/p+1/t29-,30-,31-,32-,33-,34-,35-/m0/s1. The van der Waals surface area contributed by atoms with Gasteiger partial charge < -0.3 is 63.4 Å². The molecule has 12 N–H and O–H groups in total. The molecule has 3 heterocycles. The first-order valence-electron chi connectivity index (χ1n) is 22.3. The Morgan fingerprint density at radius 2 is 1.31 bits per heavy atom. The Morgan fingerprint density at radius 1 is 0.731 bits per heavy atom. The molecule has 0 spiro atoms. The summed E-state index contributed by atoms with van der Waals surface area (Å²) >= 11 is 0. The fourth-order valence-electron chi connectivity index (χ4n) is 8.59. The van der Waals surface area contributed by atoms with Gasteiger partial charge in [-0.05, 0) is 62.5 Å². The molecule has 7 amide bonds. The highest BCUT2D eigenvalue weighted by Gasteiger charge is 2.43. The van der Waals surface area contributed by atoms with Crippen molar-refractivity contribution in [1.29, 1.82) is 5.39 Å². The number of carboxylic acid groups (broad SMARTS) is 1. The monoisotopic (exact) mass is 930 g/mol. The summed E-state index contributed by atoms with van der Waals surface area (Å²) in [5.74, 6) is -5.92. The maximum atomic E-state index is 13.9. The molecular weight excluding hydrogens is 871 g/mol. The number of carboxylic acids is 1. The fourth-order valence-corrected chi connectivity index (χ4v) is 8.59. The average molecular weight is 931 g/mol. The molecule has 0 aromatic heterocycles. The van der Waals surface area contributed by atoms with E-state index < -0.39 is 96.9 Å². The van der Waals surface area contributed by atoms with Crippen LogP contribution in [0.25, 0.3) is 4.98 Å². The van der Waals surface area contributed by atoms with E-state index >= 15 is 0 Å². The molecule has 360 valence electrons. The number of aliphatic hydroxyl groups excluding tert-OH is 1. The van der Waals surface area contributed by atoms with Gasteiger partial charge in [-0.1, -0.05) is 42.5 Å². The Kier molecular flexibility index (Phi) is 18.5. The van der Waals surface area contributed by atoms with Crippen LogP contribution in [-0.4, -0.2) is 160 Å². The summed E-state index contributed by atoms with van der Waals surface area (Å²) in [5.41, 5.74) is 18.3. The number of carbonyl (C=O) groups is 8. The summed E-state index contributed by atoms with van der Waals surface area (Å²) in [4.78, 5) is 118. The van der Waals surface area contributed by atoms with Crippen molar-refractivity contribution in [3.8, 4) is 0 Å². The van der Waals surface area contributed by atoms with Crippen molar-refractivity contribution in [1.82, 2.24) is 36.0 Å². The van der Waals surface area contributed by atoms with Crippen LogP contribution in [0.3, 0.4) is 0 Å². The number of nitrogens with one attached hydrogen (secondary N) is 4. The van der Waals surface area contributed by atoms with E-state index in [9.17, 15) is 48.6 Å². The van der Waals surface area contributed by atoms with Crippen LogP contribution in [0.4, 0.5) is 5.69 Å². The minimum atomic E-state index is -1.55. The predicted octanol–water partition coefficient (Wildman–Crippen LogP) is -2.04. The summed E-state index contributed by atoms with van der Waals surface area (Å²) in [6.07, 6.45) is 2.97. The predicted molar refractivity (Wildman–Crippen MR) is 241 cm³/mol. The van der Waals surface area contributed by atoms with Gasteiger partial charge in [0.05, 0.1) is 19.2 Å². The number of aliphatic carboxylic acids is 1. The van der Waals surface area contributed by atoms with Gasteiger partial charge in [-0.15, -0.1) is 0 Å². The summed E-state index contributed by atoms with van der Waals surface area (Å²) < 4.78 is 0. The minimum Gasteiger partial charge on any atom is -0.480 e. The molecule has 23 nitrogen and oxygen atoms in total. The number of aliphatic imine (C=N–C) groups is 1. The van der Waals surface area contributed by atoms with E-state index in [2.05, 4.69) is 31.2 Å². The van der Waals surface area contributed by atoms with Crippen molar-refractivity contribution in [2.75, 3.05) is 39.3 Å². The van der Waals surface area contributed by atoms with Gasteiger partial charge in [0, 0.05) is 51.2 Å². The highest BCUT2D eigenvalue weighted by molar-refractivity contribution is 5.97. The van der Waals surface area contributed by atoms with Crippen LogP contribution in [0.5, 0.6) is 0 Å². The van der Waals surface area contributed by atoms with Crippen molar-refractivity contribution in [2.45, 2.75) is 107 Å². The van der Waals surface area contributed by atoms with Crippen molar-refractivity contribution in [2.24, 2.45) is 22.2 Å². The number of rotatable bonds is 21. The summed E-state index contributed by atoms with van der Waals surface area (Å²) in [5, 5.41) is 39.3. The van der Waals surface area contributed by atoms with E-state index in [0.29, 0.717) is 69.2 Å². The third-order valence-electron chi connectivity index (χ3n) is 12.0. The third kappa shape index (κ3) is 13.9. The second-order valence-corrected chi connectivity index (χ2v) is 16.8. The molecule has 3 fully saturated rings. The van der Waals surface area contributed by atoms with Crippen molar-refractivity contribution in [3.63, 3.8) is 0 Å². The number of diazo groups is 1. The Labute approximate surface area is 386 Å². The Balaban J connectivity index is 1.18.